The monoisotopic (exact) mass is 265 g/mol. The van der Waals surface area contributed by atoms with E-state index in [9.17, 15) is 4.79 Å². The van der Waals surface area contributed by atoms with Gasteiger partial charge < -0.3 is 19.6 Å². The topological polar surface area (TPSA) is 70.0 Å². The Balaban J connectivity index is 2.75. The maximum absolute atomic E-state index is 12.2. The first-order valence-corrected chi connectivity index (χ1v) is 6.50. The molecule has 0 atom stereocenters. The Hall–Kier alpha value is -1.53. The molecule has 0 aliphatic rings. The van der Waals surface area contributed by atoms with Gasteiger partial charge in [0.25, 0.3) is 5.91 Å². The van der Waals surface area contributed by atoms with E-state index in [0.29, 0.717) is 11.3 Å². The Morgan fingerprint density at radius 2 is 1.68 bits per heavy atom. The highest BCUT2D eigenvalue weighted by molar-refractivity contribution is 6.33. The molecule has 0 aliphatic heterocycles. The molecule has 0 fully saturated rings. The molecule has 1 aromatic rings. The minimum absolute atomic E-state index is 0.0141. The van der Waals surface area contributed by atoms with E-state index in [2.05, 4.69) is 0 Å². The van der Waals surface area contributed by atoms with E-state index in [1.165, 1.54) is 0 Å². The highest BCUT2D eigenvalue weighted by atomic mass is 16.6. The number of carbonyl (C=O) groups excluding carboxylic acids is 1. The van der Waals surface area contributed by atoms with Crippen molar-refractivity contribution < 1.29 is 19.5 Å². The van der Waals surface area contributed by atoms with Gasteiger partial charge in [0, 0.05) is 18.7 Å². The molecule has 19 heavy (non-hydrogen) atoms. The first kappa shape index (κ1) is 15.5. The minimum atomic E-state index is -1.85. The van der Waals surface area contributed by atoms with Crippen molar-refractivity contribution in [2.75, 3.05) is 13.1 Å². The fourth-order valence-electron chi connectivity index (χ4n) is 1.84. The summed E-state index contributed by atoms with van der Waals surface area (Å²) >= 11 is 0. The second-order valence-corrected chi connectivity index (χ2v) is 4.26. The lowest BCUT2D eigenvalue weighted by atomic mass is 10.1. The Bertz CT molecular complexity index is 388. The molecule has 0 saturated carbocycles. The second kappa shape index (κ2) is 7.81. The smallest absolute Gasteiger partial charge is 0.512 e. The minimum Gasteiger partial charge on any atom is -0.512 e. The van der Waals surface area contributed by atoms with Gasteiger partial charge in [-0.3, -0.25) is 4.79 Å². The predicted molar refractivity (Wildman–Crippen MR) is 73.7 cm³/mol. The molecule has 1 aromatic carbocycles. The van der Waals surface area contributed by atoms with Gasteiger partial charge in [-0.2, -0.15) is 0 Å². The summed E-state index contributed by atoms with van der Waals surface area (Å²) in [6.45, 7) is 5.55. The number of carbonyl (C=O) groups is 1. The van der Waals surface area contributed by atoms with Gasteiger partial charge in [-0.05, 0) is 37.1 Å². The van der Waals surface area contributed by atoms with E-state index in [0.717, 1.165) is 25.9 Å². The van der Waals surface area contributed by atoms with E-state index in [1.807, 2.05) is 18.7 Å². The fraction of sp³-hybridized carbons (Fsp3) is 0.462. The summed E-state index contributed by atoms with van der Waals surface area (Å²) in [4.78, 5) is 14.1. The predicted octanol–water partition coefficient (Wildman–Crippen LogP) is 1.30. The Labute approximate surface area is 114 Å². The van der Waals surface area contributed by atoms with Crippen LogP contribution in [0.2, 0.25) is 0 Å². The molecule has 1 amide bonds. The fourth-order valence-corrected chi connectivity index (χ4v) is 1.84. The summed E-state index contributed by atoms with van der Waals surface area (Å²) < 4.78 is 4.69. The standard InChI is InChI=1S/C13H20BNO4/c1-3-9-15(10-4-2)13(16)11-5-7-12(8-6-11)19-14(17)18/h5-8,17-18H,3-4,9-10H2,1-2H3. The van der Waals surface area contributed by atoms with Crippen LogP contribution in [0.1, 0.15) is 37.0 Å². The van der Waals surface area contributed by atoms with Gasteiger partial charge in [0.1, 0.15) is 5.75 Å². The number of hydrogen-bond acceptors (Lipinski definition) is 4. The van der Waals surface area contributed by atoms with E-state index in [4.69, 9.17) is 14.7 Å². The van der Waals surface area contributed by atoms with Crippen molar-refractivity contribution in [3.05, 3.63) is 29.8 Å². The summed E-state index contributed by atoms with van der Waals surface area (Å²) in [6, 6.07) is 6.34. The average molecular weight is 265 g/mol. The molecular weight excluding hydrogens is 245 g/mol. The zero-order chi connectivity index (χ0) is 14.3. The quantitative estimate of drug-likeness (QED) is 0.729. The lowest BCUT2D eigenvalue weighted by Crippen LogP contribution is -2.32. The molecule has 5 nitrogen and oxygen atoms in total. The zero-order valence-electron chi connectivity index (χ0n) is 11.4. The molecule has 0 unspecified atom stereocenters. The molecule has 0 radical (unpaired) electrons. The van der Waals surface area contributed by atoms with Gasteiger partial charge in [0.05, 0.1) is 0 Å². The molecule has 2 N–H and O–H groups in total. The average Bonchev–Trinajstić information content (AvgIpc) is 2.38. The van der Waals surface area contributed by atoms with Crippen LogP contribution < -0.4 is 4.65 Å². The van der Waals surface area contributed by atoms with Gasteiger partial charge in [0.15, 0.2) is 0 Å². The molecule has 6 heteroatoms. The normalized spacial score (nSPS) is 10.1. The third kappa shape index (κ3) is 4.92. The van der Waals surface area contributed by atoms with Gasteiger partial charge in [0.2, 0.25) is 0 Å². The molecular formula is C13H20BNO4. The van der Waals surface area contributed by atoms with Crippen molar-refractivity contribution in [2.24, 2.45) is 0 Å². The van der Waals surface area contributed by atoms with Crippen LogP contribution in [0.5, 0.6) is 5.75 Å². The number of amides is 1. The highest BCUT2D eigenvalue weighted by Crippen LogP contribution is 2.14. The Kier molecular flexibility index (Phi) is 6.39. The SMILES string of the molecule is CCCN(CCC)C(=O)c1ccc(OB(O)O)cc1. The summed E-state index contributed by atoms with van der Waals surface area (Å²) in [5.41, 5.74) is 0.571. The van der Waals surface area contributed by atoms with E-state index in [-0.39, 0.29) is 5.91 Å². The molecule has 104 valence electrons. The molecule has 0 aromatic heterocycles. The van der Waals surface area contributed by atoms with Crippen LogP contribution in [0.4, 0.5) is 0 Å². The molecule has 0 bridgehead atoms. The summed E-state index contributed by atoms with van der Waals surface area (Å²) in [7, 11) is -1.85. The van der Waals surface area contributed by atoms with E-state index >= 15 is 0 Å². The van der Waals surface area contributed by atoms with E-state index in [1.54, 1.807) is 24.3 Å². The van der Waals surface area contributed by atoms with Crippen molar-refractivity contribution in [1.29, 1.82) is 0 Å². The van der Waals surface area contributed by atoms with Crippen molar-refractivity contribution in [3.8, 4) is 5.75 Å². The van der Waals surface area contributed by atoms with Crippen molar-refractivity contribution in [2.45, 2.75) is 26.7 Å². The highest BCUT2D eigenvalue weighted by Gasteiger charge is 2.15. The number of benzene rings is 1. The van der Waals surface area contributed by atoms with Crippen LogP contribution in [-0.4, -0.2) is 41.3 Å². The molecule has 0 saturated heterocycles. The van der Waals surface area contributed by atoms with Gasteiger partial charge in [-0.1, -0.05) is 13.8 Å². The Morgan fingerprint density at radius 3 is 2.11 bits per heavy atom. The molecule has 0 heterocycles. The first-order chi connectivity index (χ1) is 9.08. The van der Waals surface area contributed by atoms with Crippen molar-refractivity contribution in [1.82, 2.24) is 4.90 Å². The van der Waals surface area contributed by atoms with Crippen LogP contribution in [0.25, 0.3) is 0 Å². The molecule has 0 aliphatic carbocycles. The zero-order valence-corrected chi connectivity index (χ0v) is 11.4. The van der Waals surface area contributed by atoms with Crippen LogP contribution in [-0.2, 0) is 0 Å². The second-order valence-electron chi connectivity index (χ2n) is 4.26. The van der Waals surface area contributed by atoms with Crippen molar-refractivity contribution >= 4 is 13.2 Å². The van der Waals surface area contributed by atoms with Gasteiger partial charge in [-0.25, -0.2) is 0 Å². The van der Waals surface area contributed by atoms with Crippen LogP contribution >= 0.6 is 0 Å². The number of rotatable bonds is 7. The molecule has 1 rings (SSSR count). The number of nitrogens with zero attached hydrogens (tertiary/aromatic N) is 1. The third-order valence-electron chi connectivity index (χ3n) is 2.62. The first-order valence-electron chi connectivity index (χ1n) is 6.50. The summed E-state index contributed by atoms with van der Waals surface area (Å²) in [5.74, 6) is 0.295. The maximum Gasteiger partial charge on any atom is 0.707 e. The molecule has 0 spiro atoms. The van der Waals surface area contributed by atoms with Crippen LogP contribution in [0.15, 0.2) is 24.3 Å². The van der Waals surface area contributed by atoms with Crippen LogP contribution in [0.3, 0.4) is 0 Å². The maximum atomic E-state index is 12.2. The van der Waals surface area contributed by atoms with Crippen molar-refractivity contribution in [3.63, 3.8) is 0 Å². The number of hydrogen-bond donors (Lipinski definition) is 2. The largest absolute Gasteiger partial charge is 0.707 e. The van der Waals surface area contributed by atoms with Gasteiger partial charge in [-0.15, -0.1) is 0 Å². The third-order valence-corrected chi connectivity index (χ3v) is 2.62. The van der Waals surface area contributed by atoms with Crippen LogP contribution in [0, 0.1) is 0 Å². The van der Waals surface area contributed by atoms with Gasteiger partial charge >= 0.3 is 7.32 Å². The lowest BCUT2D eigenvalue weighted by Gasteiger charge is -2.21. The lowest BCUT2D eigenvalue weighted by molar-refractivity contribution is 0.0755. The van der Waals surface area contributed by atoms with E-state index < -0.39 is 7.32 Å². The summed E-state index contributed by atoms with van der Waals surface area (Å²) in [6.07, 6.45) is 1.84. The Morgan fingerprint density at radius 1 is 1.16 bits per heavy atom. The summed E-state index contributed by atoms with van der Waals surface area (Å²) in [5, 5.41) is 17.3.